The summed E-state index contributed by atoms with van der Waals surface area (Å²) in [5.74, 6) is 0.688. The number of methoxy groups -OCH3 is 2. The van der Waals surface area contributed by atoms with Crippen LogP contribution in [0.2, 0.25) is 0 Å². The molecule has 4 saturated heterocycles. The maximum Gasteiger partial charge on any atom is 0.319 e. The fraction of sp³-hybridized carbons (Fsp3) is 0.432. The van der Waals surface area contributed by atoms with Crippen LogP contribution in [0, 0.1) is 24.0 Å². The number of piperazine rings is 1. The lowest BCUT2D eigenvalue weighted by Gasteiger charge is -2.42. The fourth-order valence-corrected chi connectivity index (χ4v) is 8.57. The Kier molecular flexibility index (Phi) is 7.16. The minimum Gasteiger partial charge on any atom is -0.508 e. The van der Waals surface area contributed by atoms with Crippen LogP contribution in [0.4, 0.5) is 19.0 Å². The molecule has 0 amide bonds. The maximum absolute atomic E-state index is 17.3. The Labute approximate surface area is 291 Å². The van der Waals surface area contributed by atoms with Gasteiger partial charge in [0.15, 0.2) is 5.82 Å². The Morgan fingerprint density at radius 3 is 2.88 bits per heavy atom. The molecule has 2 aromatic carbocycles. The summed E-state index contributed by atoms with van der Waals surface area (Å²) in [5, 5.41) is 14.9. The van der Waals surface area contributed by atoms with Crippen LogP contribution in [-0.2, 0) is 4.74 Å². The summed E-state index contributed by atoms with van der Waals surface area (Å²) in [5.41, 5.74) is -1.18. The zero-order valence-electron chi connectivity index (χ0n) is 30.4. The lowest BCUT2D eigenvalue weighted by Crippen LogP contribution is -2.61. The van der Waals surface area contributed by atoms with Crippen molar-refractivity contribution in [2.24, 2.45) is 0 Å². The lowest BCUT2D eigenvalue weighted by molar-refractivity contribution is 0.107. The number of pyridine rings is 1. The van der Waals surface area contributed by atoms with Gasteiger partial charge < -0.3 is 29.5 Å². The van der Waals surface area contributed by atoms with E-state index >= 15 is 8.78 Å². The first-order valence-electron chi connectivity index (χ1n) is 18.0. The van der Waals surface area contributed by atoms with Gasteiger partial charge in [-0.3, -0.25) is 4.90 Å². The van der Waals surface area contributed by atoms with Crippen molar-refractivity contribution >= 4 is 27.5 Å². The first-order chi connectivity index (χ1) is 25.3. The Hall–Kier alpha value is -4.64. The van der Waals surface area contributed by atoms with E-state index in [-0.39, 0.29) is 82.4 Å². The topological polar surface area (TPSA) is 105 Å². The van der Waals surface area contributed by atoms with E-state index in [0.717, 1.165) is 25.8 Å². The van der Waals surface area contributed by atoms with Crippen LogP contribution in [-0.4, -0.2) is 95.6 Å². The number of fused-ring (bicyclic) bond motifs is 5. The fourth-order valence-electron chi connectivity index (χ4n) is 8.57. The second kappa shape index (κ2) is 12.3. The molecule has 2 N–H and O–H groups in total. The van der Waals surface area contributed by atoms with Crippen LogP contribution < -0.4 is 19.7 Å². The molecule has 4 aliphatic heterocycles. The van der Waals surface area contributed by atoms with Crippen LogP contribution in [0.1, 0.15) is 41.8 Å². The SMILES string of the molecule is [2H]C([2H])([2H])OCC12CCC(CN(c3nc(OC[C@@]45CCCN4C/C(=C\F)C5)nc4c(F)c(-c5cc(O)cc6ccc(F)c(C#C)c56)nc(OC)c34)C1)N2. The second-order valence-electron chi connectivity index (χ2n) is 13.8. The minimum atomic E-state index is -2.60. The number of nitrogens with zero attached hydrogens (tertiary/aromatic N) is 5. The molecule has 0 saturated carbocycles. The monoisotopic (exact) mass is 689 g/mol. The van der Waals surface area contributed by atoms with Gasteiger partial charge in [0.2, 0.25) is 5.88 Å². The molecule has 4 fully saturated rings. The first-order valence-corrected chi connectivity index (χ1v) is 16.5. The van der Waals surface area contributed by atoms with Gasteiger partial charge in [-0.15, -0.1) is 6.42 Å². The molecule has 2 bridgehead atoms. The molecule has 2 aromatic heterocycles. The normalized spacial score (nSPS) is 26.6. The number of hydrogen-bond donors (Lipinski definition) is 2. The molecule has 0 radical (unpaired) electrons. The van der Waals surface area contributed by atoms with Gasteiger partial charge >= 0.3 is 6.01 Å². The predicted octanol–water partition coefficient (Wildman–Crippen LogP) is 5.25. The smallest absolute Gasteiger partial charge is 0.319 e. The highest BCUT2D eigenvalue weighted by molar-refractivity contribution is 6.04. The van der Waals surface area contributed by atoms with Crippen molar-refractivity contribution in [1.29, 1.82) is 0 Å². The van der Waals surface area contributed by atoms with Crippen molar-refractivity contribution in [1.82, 2.24) is 25.2 Å². The number of aromatic hydroxyl groups is 1. The van der Waals surface area contributed by atoms with E-state index in [4.69, 9.17) is 29.7 Å². The molecule has 3 atom stereocenters. The minimum absolute atomic E-state index is 0.0192. The van der Waals surface area contributed by atoms with Gasteiger partial charge in [-0.1, -0.05) is 12.0 Å². The van der Waals surface area contributed by atoms with E-state index in [1.54, 1.807) is 0 Å². The number of aromatic nitrogens is 3. The average molecular weight is 690 g/mol. The molecule has 0 spiro atoms. The third kappa shape index (κ3) is 5.20. The number of halogens is 3. The molecule has 8 rings (SSSR count). The third-order valence-electron chi connectivity index (χ3n) is 10.7. The largest absolute Gasteiger partial charge is 0.508 e. The molecule has 13 heteroatoms. The Bertz CT molecular complexity index is 2220. The molecular formula is C37H37F3N6O4. The summed E-state index contributed by atoms with van der Waals surface area (Å²) in [4.78, 5) is 18.1. The van der Waals surface area contributed by atoms with E-state index in [1.807, 2.05) is 4.90 Å². The highest BCUT2D eigenvalue weighted by atomic mass is 19.1. The van der Waals surface area contributed by atoms with Gasteiger partial charge in [0.25, 0.3) is 0 Å². The van der Waals surface area contributed by atoms with Crippen LogP contribution in [0.25, 0.3) is 32.9 Å². The molecule has 4 aliphatic rings. The number of benzene rings is 2. The Balaban J connectivity index is 1.30. The average Bonchev–Trinajstić information content (AvgIpc) is 3.79. The molecule has 4 aromatic rings. The Morgan fingerprint density at radius 2 is 2.08 bits per heavy atom. The molecule has 10 nitrogen and oxygen atoms in total. The van der Waals surface area contributed by atoms with Crippen molar-refractivity contribution in [2.75, 3.05) is 58.4 Å². The van der Waals surface area contributed by atoms with Crippen molar-refractivity contribution in [3.05, 3.63) is 53.4 Å². The van der Waals surface area contributed by atoms with E-state index in [2.05, 4.69) is 26.1 Å². The summed E-state index contributed by atoms with van der Waals surface area (Å²) < 4.78 is 86.3. The van der Waals surface area contributed by atoms with Gasteiger partial charge in [0.1, 0.15) is 40.6 Å². The summed E-state index contributed by atoms with van der Waals surface area (Å²) in [6.07, 6.45) is 9.90. The molecular weight excluding hydrogens is 649 g/mol. The first kappa shape index (κ1) is 29.1. The Morgan fingerprint density at radius 1 is 1.20 bits per heavy atom. The van der Waals surface area contributed by atoms with Crippen LogP contribution in [0.5, 0.6) is 17.6 Å². The second-order valence-corrected chi connectivity index (χ2v) is 13.8. The summed E-state index contributed by atoms with van der Waals surface area (Å²) in [6.45, 7) is 1.98. The number of phenols is 1. The quantitative estimate of drug-likeness (QED) is 0.239. The zero-order valence-corrected chi connectivity index (χ0v) is 27.4. The molecule has 260 valence electrons. The van der Waals surface area contributed by atoms with Crippen LogP contribution in [0.3, 0.4) is 0 Å². The standard InChI is InChI=1S/C37H37F3N6O4/c1-4-25-27(39)7-6-22-12-24(47)13-26(28(22)25)31-30(40)32-29(34(41-31)49-3)33(45-17-23-8-10-36(18-45,44-23)19-48-2)43-35(42-32)50-20-37-9-5-11-46(37)16-21(14-37)15-38/h1,6-7,12-13,15,23,44,47H,5,8-11,14,16-20H2,2-3H3/b21-15-/t23?,36?,37-/m0/s1/i2D3. The van der Waals surface area contributed by atoms with Gasteiger partial charge in [-0.2, -0.15) is 9.97 Å². The predicted molar refractivity (Wildman–Crippen MR) is 182 cm³/mol. The van der Waals surface area contributed by atoms with E-state index in [9.17, 15) is 9.50 Å². The molecule has 0 aliphatic carbocycles. The molecule has 2 unspecified atom stereocenters. The van der Waals surface area contributed by atoms with Gasteiger partial charge in [0.05, 0.1) is 40.8 Å². The van der Waals surface area contributed by atoms with Crippen LogP contribution >= 0.6 is 0 Å². The lowest BCUT2D eigenvalue weighted by atomic mass is 9.94. The van der Waals surface area contributed by atoms with Crippen molar-refractivity contribution in [2.45, 2.75) is 49.2 Å². The van der Waals surface area contributed by atoms with Gasteiger partial charge in [0, 0.05) is 43.7 Å². The third-order valence-corrected chi connectivity index (χ3v) is 10.7. The number of nitrogens with one attached hydrogen (secondary N) is 1. The van der Waals surface area contributed by atoms with Gasteiger partial charge in [-0.25, -0.2) is 18.2 Å². The summed E-state index contributed by atoms with van der Waals surface area (Å²) in [6, 6.07) is 5.05. The number of ether oxygens (including phenoxy) is 3. The van der Waals surface area contributed by atoms with Gasteiger partial charge in [-0.05, 0) is 67.8 Å². The molecule has 6 heterocycles. The van der Waals surface area contributed by atoms with Crippen molar-refractivity contribution < 1.29 is 36.6 Å². The number of phenolic OH excluding ortho intramolecular Hbond substituents is 1. The number of rotatable bonds is 8. The van der Waals surface area contributed by atoms with E-state index in [1.165, 1.54) is 31.4 Å². The van der Waals surface area contributed by atoms with Crippen molar-refractivity contribution in [3.63, 3.8) is 0 Å². The molecule has 50 heavy (non-hydrogen) atoms. The zero-order chi connectivity index (χ0) is 37.3. The number of hydrogen-bond acceptors (Lipinski definition) is 10. The van der Waals surface area contributed by atoms with E-state index in [0.29, 0.717) is 43.2 Å². The summed E-state index contributed by atoms with van der Waals surface area (Å²) >= 11 is 0. The van der Waals surface area contributed by atoms with E-state index < -0.39 is 29.8 Å². The van der Waals surface area contributed by atoms with Crippen LogP contribution in [0.15, 0.2) is 36.2 Å². The highest BCUT2D eigenvalue weighted by Gasteiger charge is 2.48. The summed E-state index contributed by atoms with van der Waals surface area (Å²) in [7, 11) is -1.24. The number of terminal acetylenes is 1. The number of anilines is 1. The van der Waals surface area contributed by atoms with Crippen molar-refractivity contribution in [3.8, 4) is 41.2 Å². The maximum atomic E-state index is 17.3. The highest BCUT2D eigenvalue weighted by Crippen LogP contribution is 2.45.